The molecule has 0 aliphatic carbocycles. The number of hydrogen-bond donors (Lipinski definition) is 2. The van der Waals surface area contributed by atoms with Crippen LogP contribution in [0, 0.1) is 5.92 Å². The van der Waals surface area contributed by atoms with Gasteiger partial charge in [-0.25, -0.2) is 9.48 Å². The van der Waals surface area contributed by atoms with Crippen molar-refractivity contribution in [2.75, 3.05) is 18.4 Å². The summed E-state index contributed by atoms with van der Waals surface area (Å²) in [6, 6.07) is 16.2. The van der Waals surface area contributed by atoms with Gasteiger partial charge in [0.25, 0.3) is 11.5 Å². The molecule has 2 N–H and O–H groups in total. The van der Waals surface area contributed by atoms with Crippen LogP contribution >= 0.6 is 0 Å². The molecule has 1 aliphatic heterocycles. The summed E-state index contributed by atoms with van der Waals surface area (Å²) in [5.41, 5.74) is 0.830. The molecule has 0 atom stereocenters. The third-order valence-corrected chi connectivity index (χ3v) is 5.76. The Morgan fingerprint density at radius 1 is 1.00 bits per heavy atom. The summed E-state index contributed by atoms with van der Waals surface area (Å²) < 4.78 is 1.39. The number of fused-ring (bicyclic) bond motifs is 1. The van der Waals surface area contributed by atoms with Crippen LogP contribution in [0.3, 0.4) is 0 Å². The Morgan fingerprint density at radius 2 is 1.64 bits per heavy atom. The van der Waals surface area contributed by atoms with Gasteiger partial charge >= 0.3 is 6.03 Å². The highest BCUT2D eigenvalue weighted by Gasteiger charge is 2.26. The zero-order valence-electron chi connectivity index (χ0n) is 19.0. The van der Waals surface area contributed by atoms with E-state index < -0.39 is 0 Å². The summed E-state index contributed by atoms with van der Waals surface area (Å²) in [6.45, 7) is 5.55. The van der Waals surface area contributed by atoms with Gasteiger partial charge in [-0.2, -0.15) is 5.10 Å². The molecule has 1 fully saturated rings. The number of anilines is 1. The van der Waals surface area contributed by atoms with E-state index in [0.29, 0.717) is 43.2 Å². The maximum atomic E-state index is 13.2. The lowest BCUT2D eigenvalue weighted by molar-refractivity contribution is 0.0913. The summed E-state index contributed by atoms with van der Waals surface area (Å²) in [7, 11) is 0. The highest BCUT2D eigenvalue weighted by Crippen LogP contribution is 2.17. The Hall–Kier alpha value is -3.68. The molecule has 0 spiro atoms. The number of carbonyl (C=O) groups is 2. The summed E-state index contributed by atoms with van der Waals surface area (Å²) in [4.78, 5) is 40.2. The quantitative estimate of drug-likeness (QED) is 0.626. The van der Waals surface area contributed by atoms with Crippen molar-refractivity contribution in [3.8, 4) is 0 Å². The van der Waals surface area contributed by atoms with E-state index in [1.165, 1.54) is 4.68 Å². The summed E-state index contributed by atoms with van der Waals surface area (Å²) >= 11 is 0. The molecule has 1 aromatic heterocycles. The zero-order chi connectivity index (χ0) is 23.4. The molecule has 33 heavy (non-hydrogen) atoms. The van der Waals surface area contributed by atoms with Crippen LogP contribution in [-0.4, -0.2) is 45.8 Å². The maximum Gasteiger partial charge on any atom is 0.321 e. The lowest BCUT2D eigenvalue weighted by Crippen LogP contribution is -2.48. The molecule has 8 heteroatoms. The minimum atomic E-state index is -0.295. The Morgan fingerprint density at radius 3 is 2.30 bits per heavy atom. The molecule has 1 aliphatic rings. The highest BCUT2D eigenvalue weighted by molar-refractivity contribution is 6.04. The average molecular weight is 448 g/mol. The van der Waals surface area contributed by atoms with E-state index in [1.807, 2.05) is 44.2 Å². The van der Waals surface area contributed by atoms with E-state index in [0.717, 1.165) is 5.69 Å². The van der Waals surface area contributed by atoms with Gasteiger partial charge in [0.2, 0.25) is 0 Å². The van der Waals surface area contributed by atoms with Crippen LogP contribution in [0.25, 0.3) is 10.8 Å². The Kier molecular flexibility index (Phi) is 6.72. The number of amides is 3. The number of hydrogen-bond acceptors (Lipinski definition) is 4. The Labute approximate surface area is 192 Å². The second-order valence-corrected chi connectivity index (χ2v) is 8.81. The second-order valence-electron chi connectivity index (χ2n) is 8.81. The van der Waals surface area contributed by atoms with Crippen LogP contribution in [-0.2, 0) is 6.54 Å². The minimum absolute atomic E-state index is 0.0654. The first kappa shape index (κ1) is 22.5. The van der Waals surface area contributed by atoms with Crippen LogP contribution in [0.15, 0.2) is 59.4 Å². The van der Waals surface area contributed by atoms with Gasteiger partial charge in [0.15, 0.2) is 5.69 Å². The average Bonchev–Trinajstić information content (AvgIpc) is 2.81. The number of urea groups is 1. The van der Waals surface area contributed by atoms with Crippen LogP contribution in [0.2, 0.25) is 0 Å². The third kappa shape index (κ3) is 5.22. The van der Waals surface area contributed by atoms with Gasteiger partial charge in [0, 0.05) is 36.7 Å². The molecule has 4 rings (SSSR count). The van der Waals surface area contributed by atoms with Crippen LogP contribution < -0.4 is 16.2 Å². The number of rotatable bonds is 5. The first-order valence-electron chi connectivity index (χ1n) is 11.3. The van der Waals surface area contributed by atoms with E-state index in [9.17, 15) is 14.4 Å². The van der Waals surface area contributed by atoms with Crippen molar-refractivity contribution in [2.24, 2.45) is 5.92 Å². The van der Waals surface area contributed by atoms with Crippen LogP contribution in [0.4, 0.5) is 10.5 Å². The number of nitrogens with zero attached hydrogens (tertiary/aromatic N) is 3. The van der Waals surface area contributed by atoms with E-state index in [1.54, 1.807) is 29.2 Å². The van der Waals surface area contributed by atoms with Crippen molar-refractivity contribution in [3.05, 3.63) is 70.6 Å². The number of nitrogens with one attached hydrogen (secondary N) is 2. The molecule has 3 aromatic rings. The fourth-order valence-corrected chi connectivity index (χ4v) is 4.08. The molecule has 2 heterocycles. The number of likely N-dealkylation sites (tertiary alicyclic amines) is 1. The van der Waals surface area contributed by atoms with Gasteiger partial charge < -0.3 is 15.5 Å². The summed E-state index contributed by atoms with van der Waals surface area (Å²) in [5, 5.41) is 11.4. The van der Waals surface area contributed by atoms with E-state index in [4.69, 9.17) is 0 Å². The molecule has 0 saturated carbocycles. The van der Waals surface area contributed by atoms with Crippen LogP contribution in [0.5, 0.6) is 0 Å². The molecular formula is C25H29N5O3. The zero-order valence-corrected chi connectivity index (χ0v) is 19.0. The molecule has 0 radical (unpaired) electrons. The number of carbonyl (C=O) groups excluding carboxylic acids is 2. The van der Waals surface area contributed by atoms with Gasteiger partial charge in [0.05, 0.1) is 5.39 Å². The Bertz CT molecular complexity index is 1200. The molecule has 172 valence electrons. The molecule has 0 bridgehead atoms. The van der Waals surface area contributed by atoms with Crippen molar-refractivity contribution in [1.29, 1.82) is 0 Å². The fourth-order valence-electron chi connectivity index (χ4n) is 4.08. The second kappa shape index (κ2) is 9.85. The van der Waals surface area contributed by atoms with Crippen molar-refractivity contribution in [2.45, 2.75) is 39.3 Å². The molecular weight excluding hydrogens is 418 g/mol. The lowest BCUT2D eigenvalue weighted by atomic mass is 10.0. The molecule has 0 unspecified atom stereocenters. The fraction of sp³-hybridized carbons (Fsp3) is 0.360. The van der Waals surface area contributed by atoms with Gasteiger partial charge in [-0.3, -0.25) is 9.59 Å². The van der Waals surface area contributed by atoms with Crippen molar-refractivity contribution < 1.29 is 9.59 Å². The molecule has 1 saturated heterocycles. The molecule has 8 nitrogen and oxygen atoms in total. The van der Waals surface area contributed by atoms with Gasteiger partial charge in [0.1, 0.15) is 0 Å². The number of aromatic nitrogens is 2. The van der Waals surface area contributed by atoms with Crippen molar-refractivity contribution in [1.82, 2.24) is 20.0 Å². The van der Waals surface area contributed by atoms with E-state index in [-0.39, 0.29) is 35.2 Å². The number of para-hydroxylation sites is 1. The monoisotopic (exact) mass is 447 g/mol. The van der Waals surface area contributed by atoms with Crippen molar-refractivity contribution >= 4 is 28.4 Å². The van der Waals surface area contributed by atoms with E-state index >= 15 is 0 Å². The van der Waals surface area contributed by atoms with Gasteiger partial charge in [-0.05, 0) is 37.0 Å². The minimum Gasteiger partial charge on any atom is -0.348 e. The number of benzene rings is 2. The van der Waals surface area contributed by atoms with Gasteiger partial charge in [-0.15, -0.1) is 0 Å². The largest absolute Gasteiger partial charge is 0.348 e. The Balaban J connectivity index is 1.43. The summed E-state index contributed by atoms with van der Waals surface area (Å²) in [6.07, 6.45) is 1.30. The van der Waals surface area contributed by atoms with Crippen molar-refractivity contribution in [3.63, 3.8) is 0 Å². The topological polar surface area (TPSA) is 96.3 Å². The van der Waals surface area contributed by atoms with Gasteiger partial charge in [-0.1, -0.05) is 50.2 Å². The third-order valence-electron chi connectivity index (χ3n) is 5.76. The smallest absolute Gasteiger partial charge is 0.321 e. The van der Waals surface area contributed by atoms with E-state index in [2.05, 4.69) is 15.7 Å². The lowest BCUT2D eigenvalue weighted by Gasteiger charge is -2.32. The highest BCUT2D eigenvalue weighted by atomic mass is 16.2. The molecule has 3 amide bonds. The first-order valence-corrected chi connectivity index (χ1v) is 11.3. The normalized spacial score (nSPS) is 14.5. The number of piperidine rings is 1. The SMILES string of the molecule is CC(C)Cn1nc(C(=O)NC2CCN(C(=O)Nc3ccccc3)CC2)c2ccccc2c1=O. The van der Waals surface area contributed by atoms with Crippen LogP contribution in [0.1, 0.15) is 37.2 Å². The predicted octanol–water partition coefficient (Wildman–Crippen LogP) is 3.48. The summed E-state index contributed by atoms with van der Waals surface area (Å²) in [5.74, 6) is -0.0745. The maximum absolute atomic E-state index is 13.2. The standard InChI is InChI=1S/C25H29N5O3/c1-17(2)16-30-24(32)21-11-7-6-10-20(21)22(28-30)23(31)26-19-12-14-29(15-13-19)25(33)27-18-8-4-3-5-9-18/h3-11,17,19H,12-16H2,1-2H3,(H,26,31)(H,27,33). The predicted molar refractivity (Wildman–Crippen MR) is 128 cm³/mol. The first-order chi connectivity index (χ1) is 15.9. The molecule has 2 aromatic carbocycles.